The van der Waals surface area contributed by atoms with Gasteiger partial charge in [0.2, 0.25) is 0 Å². The van der Waals surface area contributed by atoms with Gasteiger partial charge in [-0.2, -0.15) is 0 Å². The van der Waals surface area contributed by atoms with Gasteiger partial charge in [-0.05, 0) is 37.5 Å². The van der Waals surface area contributed by atoms with Crippen LogP contribution < -0.4 is 10.6 Å². The van der Waals surface area contributed by atoms with Crippen LogP contribution in [-0.2, 0) is 14.6 Å². The van der Waals surface area contributed by atoms with Crippen LogP contribution in [0, 0.1) is 12.8 Å². The van der Waals surface area contributed by atoms with Gasteiger partial charge in [-0.15, -0.1) is 0 Å². The van der Waals surface area contributed by atoms with Gasteiger partial charge in [0, 0.05) is 32.7 Å². The van der Waals surface area contributed by atoms with Crippen LogP contribution in [0.3, 0.4) is 0 Å². The van der Waals surface area contributed by atoms with Crippen LogP contribution in [0.25, 0.3) is 0 Å². The summed E-state index contributed by atoms with van der Waals surface area (Å²) in [5, 5.41) is 6.46. The van der Waals surface area contributed by atoms with Gasteiger partial charge in [0.1, 0.15) is 0 Å². The summed E-state index contributed by atoms with van der Waals surface area (Å²) in [7, 11) is -1.62. The number of ether oxygens (including phenoxy) is 1. The van der Waals surface area contributed by atoms with Crippen LogP contribution in [0.1, 0.15) is 30.1 Å². The highest BCUT2D eigenvalue weighted by molar-refractivity contribution is 7.91. The van der Waals surface area contributed by atoms with Crippen molar-refractivity contribution < 1.29 is 13.2 Å². The number of sulfone groups is 1. The van der Waals surface area contributed by atoms with Crippen LogP contribution in [-0.4, -0.2) is 46.9 Å². The molecule has 1 saturated heterocycles. The summed E-state index contributed by atoms with van der Waals surface area (Å²) >= 11 is 0. The monoisotopic (exact) mass is 429 g/mol. The normalized spacial score (nSPS) is 20.0. The van der Waals surface area contributed by atoms with Gasteiger partial charge in [0.15, 0.2) is 15.8 Å². The van der Waals surface area contributed by atoms with Crippen molar-refractivity contribution in [3.8, 4) is 0 Å². The molecular formula is C23H31N3O3S. The van der Waals surface area contributed by atoms with E-state index in [2.05, 4.69) is 46.8 Å². The van der Waals surface area contributed by atoms with Gasteiger partial charge in [0.25, 0.3) is 0 Å². The second-order valence-electron chi connectivity index (χ2n) is 7.62. The zero-order chi connectivity index (χ0) is 21.4. The molecule has 0 amide bonds. The first-order valence-electron chi connectivity index (χ1n) is 10.4. The second kappa shape index (κ2) is 10.6. The molecule has 0 saturated carbocycles. The molecule has 2 N–H and O–H groups in total. The Morgan fingerprint density at radius 1 is 1.10 bits per heavy atom. The summed E-state index contributed by atoms with van der Waals surface area (Å²) in [5.74, 6) is 0.940. The van der Waals surface area contributed by atoms with Crippen molar-refractivity contribution in [3.05, 3.63) is 65.7 Å². The zero-order valence-electron chi connectivity index (χ0n) is 17.7. The molecule has 2 aromatic carbocycles. The van der Waals surface area contributed by atoms with Crippen LogP contribution >= 0.6 is 0 Å². The third-order valence-electron chi connectivity index (χ3n) is 5.37. The lowest BCUT2D eigenvalue weighted by Crippen LogP contribution is -2.43. The molecular weight excluding hydrogens is 398 g/mol. The smallest absolute Gasteiger partial charge is 0.191 e. The summed E-state index contributed by atoms with van der Waals surface area (Å²) in [6.07, 6.45) is 2.17. The molecule has 2 unspecified atom stereocenters. The van der Waals surface area contributed by atoms with E-state index in [1.54, 1.807) is 31.3 Å². The van der Waals surface area contributed by atoms with E-state index in [-0.39, 0.29) is 11.9 Å². The third-order valence-corrected chi connectivity index (χ3v) is 7.10. The quantitative estimate of drug-likeness (QED) is 0.522. The van der Waals surface area contributed by atoms with Crippen molar-refractivity contribution >= 4 is 15.8 Å². The van der Waals surface area contributed by atoms with Gasteiger partial charge in [0.05, 0.1) is 16.8 Å². The number of rotatable bonds is 7. The Labute approximate surface area is 179 Å². The molecule has 1 aliphatic rings. The Bertz CT molecular complexity index is 928. The summed E-state index contributed by atoms with van der Waals surface area (Å²) in [4.78, 5) is 4.58. The highest BCUT2D eigenvalue weighted by Gasteiger charge is 2.27. The molecule has 0 aromatic heterocycles. The van der Waals surface area contributed by atoms with E-state index < -0.39 is 9.84 Å². The van der Waals surface area contributed by atoms with Crippen molar-refractivity contribution in [1.29, 1.82) is 0 Å². The second-order valence-corrected chi connectivity index (χ2v) is 9.73. The van der Waals surface area contributed by atoms with E-state index in [9.17, 15) is 8.42 Å². The van der Waals surface area contributed by atoms with Crippen molar-refractivity contribution in [2.24, 2.45) is 10.9 Å². The maximum absolute atomic E-state index is 12.4. The number of benzene rings is 2. The first-order chi connectivity index (χ1) is 14.5. The molecule has 2 atom stereocenters. The van der Waals surface area contributed by atoms with Gasteiger partial charge >= 0.3 is 0 Å². The molecule has 2 aromatic rings. The van der Waals surface area contributed by atoms with E-state index in [1.165, 1.54) is 11.1 Å². The minimum atomic E-state index is -3.31. The number of hydrogen-bond donors (Lipinski definition) is 2. The molecule has 1 heterocycles. The Morgan fingerprint density at radius 3 is 2.53 bits per heavy atom. The lowest BCUT2D eigenvalue weighted by molar-refractivity contribution is -0.0265. The minimum absolute atomic E-state index is 0.0102. The summed E-state index contributed by atoms with van der Waals surface area (Å²) < 4.78 is 30.9. The van der Waals surface area contributed by atoms with Crippen LogP contribution in [0.4, 0.5) is 0 Å². The number of nitrogens with one attached hydrogen (secondary N) is 2. The van der Waals surface area contributed by atoms with E-state index in [1.807, 2.05) is 6.07 Å². The fourth-order valence-electron chi connectivity index (χ4n) is 3.67. The number of hydrogen-bond acceptors (Lipinski definition) is 4. The SMILES string of the molecule is CN=C(NCCS(=O)(=O)c1ccccc1)NCC1CCCOC1c1ccc(C)cc1. The molecule has 30 heavy (non-hydrogen) atoms. The number of aliphatic imine (C=N–C) groups is 1. The number of aryl methyl sites for hydroxylation is 1. The Hall–Kier alpha value is -2.38. The molecule has 162 valence electrons. The maximum atomic E-state index is 12.4. The summed E-state index contributed by atoms with van der Waals surface area (Å²) in [6, 6.07) is 17.0. The molecule has 0 aliphatic carbocycles. The first kappa shape index (κ1) is 22.3. The Morgan fingerprint density at radius 2 is 1.83 bits per heavy atom. The zero-order valence-corrected chi connectivity index (χ0v) is 18.5. The molecule has 6 nitrogen and oxygen atoms in total. The largest absolute Gasteiger partial charge is 0.373 e. The highest BCUT2D eigenvalue weighted by Crippen LogP contribution is 2.33. The van der Waals surface area contributed by atoms with Gasteiger partial charge in [-0.1, -0.05) is 48.0 Å². The van der Waals surface area contributed by atoms with E-state index in [4.69, 9.17) is 4.74 Å². The Kier molecular flexibility index (Phi) is 7.87. The van der Waals surface area contributed by atoms with Gasteiger partial charge in [-0.3, -0.25) is 4.99 Å². The van der Waals surface area contributed by atoms with Crippen molar-refractivity contribution in [2.75, 3.05) is 32.5 Å². The Balaban J connectivity index is 1.52. The van der Waals surface area contributed by atoms with Crippen LogP contribution in [0.5, 0.6) is 0 Å². The average molecular weight is 430 g/mol. The van der Waals surface area contributed by atoms with Gasteiger partial charge < -0.3 is 15.4 Å². The maximum Gasteiger partial charge on any atom is 0.191 e. The van der Waals surface area contributed by atoms with Crippen molar-refractivity contribution in [1.82, 2.24) is 10.6 Å². The summed E-state index contributed by atoms with van der Waals surface area (Å²) in [5.41, 5.74) is 2.43. The van der Waals surface area contributed by atoms with E-state index in [0.29, 0.717) is 29.9 Å². The molecule has 0 radical (unpaired) electrons. The molecule has 0 bridgehead atoms. The first-order valence-corrected chi connectivity index (χ1v) is 12.1. The standard InChI is InChI=1S/C23H31N3O3S/c1-18-10-12-19(13-11-18)22-20(7-6-15-29-22)17-26-23(24-2)25-14-16-30(27,28)21-8-4-3-5-9-21/h3-5,8-13,20,22H,6-7,14-17H2,1-2H3,(H2,24,25,26). The third kappa shape index (κ3) is 6.06. The minimum Gasteiger partial charge on any atom is -0.373 e. The lowest BCUT2D eigenvalue weighted by atomic mass is 9.89. The van der Waals surface area contributed by atoms with E-state index >= 15 is 0 Å². The molecule has 0 spiro atoms. The fourth-order valence-corrected chi connectivity index (χ4v) is 4.85. The predicted octanol–water partition coefficient (Wildman–Crippen LogP) is 3.10. The van der Waals surface area contributed by atoms with Crippen LogP contribution in [0.2, 0.25) is 0 Å². The fraction of sp³-hybridized carbons (Fsp3) is 0.435. The van der Waals surface area contributed by atoms with Gasteiger partial charge in [-0.25, -0.2) is 8.42 Å². The number of nitrogens with zero attached hydrogens (tertiary/aromatic N) is 1. The average Bonchev–Trinajstić information content (AvgIpc) is 2.77. The summed E-state index contributed by atoms with van der Waals surface area (Å²) in [6.45, 7) is 3.86. The van der Waals surface area contributed by atoms with Crippen LogP contribution in [0.15, 0.2) is 64.5 Å². The van der Waals surface area contributed by atoms with Crippen molar-refractivity contribution in [3.63, 3.8) is 0 Å². The molecule has 1 aliphatic heterocycles. The van der Waals surface area contributed by atoms with Crippen molar-refractivity contribution in [2.45, 2.75) is 30.8 Å². The highest BCUT2D eigenvalue weighted by atomic mass is 32.2. The molecule has 7 heteroatoms. The molecule has 1 fully saturated rings. The number of guanidine groups is 1. The predicted molar refractivity (Wildman–Crippen MR) is 120 cm³/mol. The molecule has 3 rings (SSSR count). The topological polar surface area (TPSA) is 79.8 Å². The van der Waals surface area contributed by atoms with E-state index in [0.717, 1.165) is 19.4 Å². The lowest BCUT2D eigenvalue weighted by Gasteiger charge is -2.32.